The van der Waals surface area contributed by atoms with Gasteiger partial charge in [0.15, 0.2) is 0 Å². The van der Waals surface area contributed by atoms with E-state index in [9.17, 15) is 0 Å². The Kier molecular flexibility index (Phi) is 5.93. The maximum atomic E-state index is 5.40. The zero-order valence-electron chi connectivity index (χ0n) is 14.3. The van der Waals surface area contributed by atoms with E-state index in [2.05, 4.69) is 38.1 Å². The summed E-state index contributed by atoms with van der Waals surface area (Å²) in [4.78, 5) is 4.89. The Morgan fingerprint density at radius 2 is 1.78 bits per heavy atom. The first-order valence-corrected chi connectivity index (χ1v) is 7.71. The van der Waals surface area contributed by atoms with Crippen LogP contribution in [0.25, 0.3) is 0 Å². The van der Waals surface area contributed by atoms with Crippen LogP contribution in [0.2, 0.25) is 0 Å². The van der Waals surface area contributed by atoms with E-state index in [1.54, 1.807) is 0 Å². The number of ether oxygens (including phenoxy) is 2. The molecule has 0 bridgehead atoms. The molecule has 4 heteroatoms. The van der Waals surface area contributed by atoms with Gasteiger partial charge in [-0.25, -0.2) is 0 Å². The Bertz CT molecular complexity index is 703. The van der Waals surface area contributed by atoms with Gasteiger partial charge >= 0.3 is 18.9 Å². The molecule has 0 N–H and O–H groups in total. The second kappa shape index (κ2) is 7.72. The number of para-hydroxylation sites is 1. The second-order valence-electron chi connectivity index (χ2n) is 5.30. The van der Waals surface area contributed by atoms with E-state index >= 15 is 0 Å². The van der Waals surface area contributed by atoms with Gasteiger partial charge in [0, 0.05) is 0 Å². The number of nitrogens with zero attached hydrogens (tertiary/aromatic N) is 1. The molecule has 23 heavy (non-hydrogen) atoms. The largest absolute Gasteiger partial charge is 1.00 e. The minimum absolute atomic E-state index is 0. The molecule has 0 atom stereocenters. The number of rotatable bonds is 4. The minimum Gasteiger partial charge on any atom is -0.500 e. The molecule has 0 aromatic heterocycles. The molecule has 1 aliphatic rings. The number of hydrogen-bond donors (Lipinski definition) is 0. The van der Waals surface area contributed by atoms with Crippen LogP contribution in [0.5, 0.6) is 11.5 Å². The SMILES string of the molecule is CCc1cccc(CC)c1N=C(C)c1[c-]c2c(cc1)OCO2.[Li+]. The van der Waals surface area contributed by atoms with Crippen molar-refractivity contribution in [2.24, 2.45) is 4.99 Å². The number of benzene rings is 2. The van der Waals surface area contributed by atoms with Crippen LogP contribution in [0.3, 0.4) is 0 Å². The topological polar surface area (TPSA) is 30.8 Å². The zero-order chi connectivity index (χ0) is 15.5. The molecule has 0 aliphatic carbocycles. The maximum Gasteiger partial charge on any atom is 1.00 e. The molecule has 0 spiro atoms. The first kappa shape index (κ1) is 17.7. The molecule has 0 saturated heterocycles. The molecule has 1 heterocycles. The van der Waals surface area contributed by atoms with E-state index in [0.717, 1.165) is 35.6 Å². The van der Waals surface area contributed by atoms with Crippen LogP contribution in [-0.4, -0.2) is 12.5 Å². The third-order valence-electron chi connectivity index (χ3n) is 3.93. The van der Waals surface area contributed by atoms with Crippen molar-refractivity contribution in [1.29, 1.82) is 0 Å². The summed E-state index contributed by atoms with van der Waals surface area (Å²) in [6.07, 6.45) is 1.95. The summed E-state index contributed by atoms with van der Waals surface area (Å²) in [5, 5.41) is 0. The fourth-order valence-electron chi connectivity index (χ4n) is 2.63. The third-order valence-corrected chi connectivity index (χ3v) is 3.93. The molecule has 114 valence electrons. The maximum absolute atomic E-state index is 5.40. The Labute approximate surface area is 149 Å². The minimum atomic E-state index is 0. The Balaban J connectivity index is 0.00000192. The van der Waals surface area contributed by atoms with Crippen LogP contribution >= 0.6 is 0 Å². The Morgan fingerprint density at radius 1 is 1.09 bits per heavy atom. The van der Waals surface area contributed by atoms with Crippen LogP contribution in [-0.2, 0) is 12.8 Å². The van der Waals surface area contributed by atoms with Crippen LogP contribution < -0.4 is 28.3 Å². The van der Waals surface area contributed by atoms with E-state index in [1.165, 1.54) is 11.1 Å². The summed E-state index contributed by atoms with van der Waals surface area (Å²) >= 11 is 0. The number of fused-ring (bicyclic) bond motifs is 1. The van der Waals surface area contributed by atoms with Crippen molar-refractivity contribution in [3.63, 3.8) is 0 Å². The first-order chi connectivity index (χ1) is 10.7. The van der Waals surface area contributed by atoms with E-state index in [0.29, 0.717) is 5.75 Å². The molecule has 3 rings (SSSR count). The standard InChI is InChI=1S/C19H20NO2.Li/c1-4-14-7-6-8-15(5-2)19(14)20-13(3)16-9-10-17-18(11-16)22-12-21-17;/h6-10H,4-5,12H2,1-3H3;/q-1;+1. The first-order valence-electron chi connectivity index (χ1n) is 7.71. The fourth-order valence-corrected chi connectivity index (χ4v) is 2.63. The molecule has 3 nitrogen and oxygen atoms in total. The molecule has 0 unspecified atom stereocenters. The van der Waals surface area contributed by atoms with Gasteiger partial charge in [-0.2, -0.15) is 0 Å². The Hall–Kier alpha value is -1.69. The molecule has 0 radical (unpaired) electrons. The zero-order valence-corrected chi connectivity index (χ0v) is 14.3. The van der Waals surface area contributed by atoms with Gasteiger partial charge in [0.25, 0.3) is 0 Å². The molecular weight excluding hydrogens is 281 g/mol. The van der Waals surface area contributed by atoms with E-state index in [1.807, 2.05) is 19.1 Å². The molecule has 2 aromatic rings. The van der Waals surface area contributed by atoms with Gasteiger partial charge < -0.3 is 14.5 Å². The molecule has 0 amide bonds. The van der Waals surface area contributed by atoms with Crippen molar-refractivity contribution in [3.8, 4) is 11.5 Å². The monoisotopic (exact) mass is 301 g/mol. The van der Waals surface area contributed by atoms with E-state index < -0.39 is 0 Å². The number of hydrogen-bond acceptors (Lipinski definition) is 3. The van der Waals surface area contributed by atoms with Gasteiger partial charge in [-0.3, -0.25) is 0 Å². The number of aliphatic imine (C=N–C) groups is 1. The Morgan fingerprint density at radius 3 is 2.43 bits per heavy atom. The van der Waals surface area contributed by atoms with E-state index in [4.69, 9.17) is 14.5 Å². The molecule has 2 aromatic carbocycles. The third kappa shape index (κ3) is 3.63. The molecule has 0 fully saturated rings. The smallest absolute Gasteiger partial charge is 0.500 e. The average molecular weight is 301 g/mol. The summed E-state index contributed by atoms with van der Waals surface area (Å²) in [7, 11) is 0. The van der Waals surface area contributed by atoms with Crippen LogP contribution in [0, 0.1) is 6.07 Å². The van der Waals surface area contributed by atoms with Gasteiger partial charge in [-0.05, 0) is 29.7 Å². The van der Waals surface area contributed by atoms with Gasteiger partial charge in [0.05, 0.1) is 17.2 Å². The summed E-state index contributed by atoms with van der Waals surface area (Å²) < 4.78 is 10.7. The van der Waals surface area contributed by atoms with Crippen LogP contribution in [0.1, 0.15) is 37.5 Å². The predicted octanol–water partition coefficient (Wildman–Crippen LogP) is 1.48. The van der Waals surface area contributed by atoms with Crippen LogP contribution in [0.4, 0.5) is 5.69 Å². The van der Waals surface area contributed by atoms with Crippen molar-refractivity contribution >= 4 is 11.4 Å². The molecule has 0 saturated carbocycles. The predicted molar refractivity (Wildman–Crippen MR) is 88.5 cm³/mol. The van der Waals surface area contributed by atoms with E-state index in [-0.39, 0.29) is 25.7 Å². The van der Waals surface area contributed by atoms with Crippen molar-refractivity contribution in [2.75, 3.05) is 6.79 Å². The summed E-state index contributed by atoms with van der Waals surface area (Å²) in [5.74, 6) is 1.42. The van der Waals surface area contributed by atoms with Gasteiger partial charge in [0.1, 0.15) is 0 Å². The second-order valence-corrected chi connectivity index (χ2v) is 5.30. The van der Waals surface area contributed by atoms with Crippen LogP contribution in [0.15, 0.2) is 35.3 Å². The normalized spacial score (nSPS) is 12.9. The van der Waals surface area contributed by atoms with Crippen molar-refractivity contribution < 1.29 is 28.3 Å². The van der Waals surface area contributed by atoms with Gasteiger partial charge in [-0.15, -0.1) is 17.7 Å². The van der Waals surface area contributed by atoms with Crippen molar-refractivity contribution in [1.82, 2.24) is 0 Å². The quantitative estimate of drug-likeness (QED) is 0.487. The van der Waals surface area contributed by atoms with Crippen molar-refractivity contribution in [3.05, 3.63) is 53.1 Å². The summed E-state index contributed by atoms with van der Waals surface area (Å²) in [5.41, 5.74) is 5.53. The molecule has 1 aliphatic heterocycles. The van der Waals surface area contributed by atoms with Crippen molar-refractivity contribution in [2.45, 2.75) is 33.6 Å². The summed E-state index contributed by atoms with van der Waals surface area (Å²) in [6, 6.07) is 13.5. The summed E-state index contributed by atoms with van der Waals surface area (Å²) in [6.45, 7) is 6.61. The average Bonchev–Trinajstić information content (AvgIpc) is 3.02. The van der Waals surface area contributed by atoms with Gasteiger partial charge in [0.2, 0.25) is 6.79 Å². The number of aryl methyl sites for hydroxylation is 2. The fraction of sp³-hybridized carbons (Fsp3) is 0.316. The van der Waals surface area contributed by atoms with Gasteiger partial charge in [-0.1, -0.05) is 45.0 Å². The molecular formula is C19H20LiNO2.